The fraction of sp³-hybridized carbons (Fsp3) is 0. The van der Waals surface area contributed by atoms with Gasteiger partial charge in [0.1, 0.15) is 0 Å². The summed E-state index contributed by atoms with van der Waals surface area (Å²) in [6.07, 6.45) is 0. The summed E-state index contributed by atoms with van der Waals surface area (Å²) >= 11 is -21.5. The van der Waals surface area contributed by atoms with Crippen molar-refractivity contribution in [2.45, 2.75) is 0 Å². The van der Waals surface area contributed by atoms with E-state index in [1.54, 1.807) is 0 Å². The molecule has 15 nitrogen and oxygen atoms in total. The molecule has 0 N–H and O–H groups in total. The maximum absolute atomic E-state index is 8.61. The quantitative estimate of drug-likeness (QED) is 0.204. The first-order valence-electron chi connectivity index (χ1n) is 3.06. The monoisotopic (exact) mass is 1250 g/mol. The molecule has 0 atom stereocenters. The van der Waals surface area contributed by atoms with E-state index >= 15 is 0 Å². The molecule has 0 heterocycles. The molecule has 0 aromatic heterocycles. The molecule has 0 saturated carbocycles. The van der Waals surface area contributed by atoms with Crippen LogP contribution in [0, 0.1) is 83.5 Å². The van der Waals surface area contributed by atoms with E-state index in [-0.39, 0.29) is 181 Å². The van der Waals surface area contributed by atoms with E-state index in [2.05, 4.69) is 0 Å². The molecule has 0 aliphatic rings. The fourth-order valence-electron chi connectivity index (χ4n) is 0. The first-order valence-corrected chi connectivity index (χ1v) is 18.1. The zero-order chi connectivity index (χ0) is 17.9. The first kappa shape index (κ1) is 58.6. The summed E-state index contributed by atoms with van der Waals surface area (Å²) in [4.78, 5) is 0. The van der Waals surface area contributed by atoms with Crippen molar-refractivity contribution in [3.63, 3.8) is 0 Å². The van der Waals surface area contributed by atoms with Gasteiger partial charge >= 0.3 is 340 Å². The summed E-state index contributed by atoms with van der Waals surface area (Å²) < 4.78 is 129. The Morgan fingerprint density at radius 2 is 0.333 bits per heavy atom. The van der Waals surface area contributed by atoms with Gasteiger partial charge in [0.2, 0.25) is 0 Å². The van der Waals surface area contributed by atoms with E-state index in [0.29, 0.717) is 0 Å². The van der Waals surface area contributed by atoms with E-state index in [4.69, 9.17) is 45.9 Å². The van der Waals surface area contributed by atoms with Gasteiger partial charge in [0.15, 0.2) is 0 Å². The number of rotatable bonds is 0. The molecule has 0 aromatic rings. The molecule has 0 aliphatic carbocycles. The molecular weight excluding hydrogens is 1250 g/mol. The van der Waals surface area contributed by atoms with Crippen molar-refractivity contribution in [3.05, 3.63) is 0 Å². The third-order valence-electron chi connectivity index (χ3n) is 0. The second kappa shape index (κ2) is 53.3. The Bertz CT molecular complexity index is 221. The van der Waals surface area contributed by atoms with Crippen LogP contribution in [0.1, 0.15) is 0 Å². The topological polar surface area (TPSA) is 316 Å². The van der Waals surface area contributed by atoms with Gasteiger partial charge in [-0.2, -0.15) is 0 Å². The zero-order valence-corrected chi connectivity index (χ0v) is 38.5. The van der Waals surface area contributed by atoms with Crippen LogP contribution in [-0.2, 0) is 127 Å². The Morgan fingerprint density at radius 1 is 0.333 bits per heavy atom. The normalized spacial score (nSPS) is 5.42. The van der Waals surface area contributed by atoms with E-state index in [1.807, 2.05) is 0 Å². The molecule has 0 spiro atoms. The fourth-order valence-corrected chi connectivity index (χ4v) is 0. The van der Waals surface area contributed by atoms with Crippen molar-refractivity contribution in [3.8, 4) is 0 Å². The molecule has 0 aromatic carbocycles. The Kier molecular flexibility index (Phi) is 130. The average molecular weight is 1250 g/mol. The van der Waals surface area contributed by atoms with Crippen LogP contribution in [0.5, 0.6) is 0 Å². The van der Waals surface area contributed by atoms with Gasteiger partial charge in [-0.15, -0.1) is 0 Å². The predicted molar refractivity (Wildman–Crippen MR) is 14.9 cm³/mol. The standard InChI is InChI=1S/2Ba.2Ce.15O.5Zr/q2*+2;2*+3;;;;;;10*-1;;;;;. The van der Waals surface area contributed by atoms with Gasteiger partial charge < -0.3 is 0 Å². The van der Waals surface area contributed by atoms with Crippen LogP contribution in [0.25, 0.3) is 0 Å². The third-order valence-corrected chi connectivity index (χ3v) is 0. The summed E-state index contributed by atoms with van der Waals surface area (Å²) in [5, 5.41) is 0. The summed E-state index contributed by atoms with van der Waals surface area (Å²) in [5.74, 6) is 0. The van der Waals surface area contributed by atoms with Crippen molar-refractivity contribution in [2.75, 3.05) is 0 Å². The van der Waals surface area contributed by atoms with Crippen molar-refractivity contribution < 1.29 is 243 Å². The van der Waals surface area contributed by atoms with Crippen LogP contribution in [0.15, 0.2) is 0 Å². The molecule has 0 fully saturated rings. The van der Waals surface area contributed by atoms with Crippen LogP contribution < -0.4 is 31.8 Å². The van der Waals surface area contributed by atoms with Gasteiger partial charge in [0.05, 0.1) is 0 Å². The van der Waals surface area contributed by atoms with Crippen LogP contribution in [0.2, 0.25) is 0 Å². The van der Waals surface area contributed by atoms with Gasteiger partial charge in [-0.3, -0.25) is 0 Å². The molecule has 2 radical (unpaired) electrons. The summed E-state index contributed by atoms with van der Waals surface area (Å²) in [6, 6.07) is 0. The average Bonchev–Trinajstić information content (AvgIpc) is 1.94. The van der Waals surface area contributed by atoms with Crippen molar-refractivity contribution >= 4 is 97.8 Å². The van der Waals surface area contributed by atoms with E-state index in [0.717, 1.165) is 0 Å². The number of hydrogen-bond donors (Lipinski definition) is 0. The van der Waals surface area contributed by atoms with Gasteiger partial charge in [-0.1, -0.05) is 0 Å². The second-order valence-corrected chi connectivity index (χ2v) is 7.40. The van der Waals surface area contributed by atoms with Gasteiger partial charge in [0.25, 0.3) is 0 Å². The Labute approximate surface area is 329 Å². The van der Waals surface area contributed by atoms with E-state index < -0.39 is 113 Å². The molecule has 0 amide bonds. The van der Waals surface area contributed by atoms with Gasteiger partial charge in [-0.25, -0.2) is 0 Å². The molecule has 0 saturated heterocycles. The van der Waals surface area contributed by atoms with Crippen molar-refractivity contribution in [2.24, 2.45) is 0 Å². The van der Waals surface area contributed by atoms with E-state index in [1.165, 1.54) is 0 Å². The molecule has 24 heavy (non-hydrogen) atoms. The summed E-state index contributed by atoms with van der Waals surface area (Å²) in [7, 11) is 0. The SMILES string of the molecule is [Ba+2].[Ba+2].[Ce+3].[Ce+3].[O]=[Zr]([O-])[O-].[O]=[Zr]([O-])[O-].[O]=[Zr]([O-])[O-].[O]=[Zr]([O-])[O-].[O]=[Zr]([O-])[O-]. The Balaban J connectivity index is -0.0000000161. The van der Waals surface area contributed by atoms with Crippen LogP contribution >= 0.6 is 0 Å². The Hall–Kier alpha value is 8.91. The second-order valence-electron chi connectivity index (χ2n) is 1.25. The number of hydrogen-bond acceptors (Lipinski definition) is 15. The van der Waals surface area contributed by atoms with E-state index in [9.17, 15) is 0 Å². The summed E-state index contributed by atoms with van der Waals surface area (Å²) in [5.41, 5.74) is 0. The molecular formula is Ba2Ce2O15Zr5. The zero-order valence-electron chi connectivity index (χ0n) is 11.0. The predicted octanol–water partition coefficient (Wildman–Crippen LogP) is -13.3. The molecule has 122 valence electrons. The summed E-state index contributed by atoms with van der Waals surface area (Å²) in [6.45, 7) is 0. The maximum atomic E-state index is 8.61. The molecule has 0 unspecified atom stereocenters. The first-order chi connectivity index (χ1) is 8.66. The third kappa shape index (κ3) is 348. The van der Waals surface area contributed by atoms with Gasteiger partial charge in [-0.05, 0) is 0 Å². The van der Waals surface area contributed by atoms with Crippen LogP contribution in [-0.4, -0.2) is 97.8 Å². The minimum absolute atomic E-state index is 0. The van der Waals surface area contributed by atoms with Crippen molar-refractivity contribution in [1.82, 2.24) is 0 Å². The molecule has 24 heteroatoms. The van der Waals surface area contributed by atoms with Gasteiger partial charge in [0, 0.05) is 0 Å². The molecule has 0 aliphatic heterocycles. The van der Waals surface area contributed by atoms with Crippen molar-refractivity contribution in [1.29, 1.82) is 0 Å². The van der Waals surface area contributed by atoms with Crippen LogP contribution in [0.4, 0.5) is 0 Å². The van der Waals surface area contributed by atoms with Crippen LogP contribution in [0.3, 0.4) is 0 Å². The Morgan fingerprint density at radius 3 is 0.333 bits per heavy atom. The molecule has 0 rings (SSSR count). The minimum atomic E-state index is -4.29. The molecule has 0 bridgehead atoms.